The van der Waals surface area contributed by atoms with Crippen LogP contribution in [0.5, 0.6) is 11.5 Å². The molecule has 5 rings (SSSR count). The van der Waals surface area contributed by atoms with Crippen molar-refractivity contribution in [3.63, 3.8) is 0 Å². The molecule has 0 radical (unpaired) electrons. The number of ketones is 1. The highest BCUT2D eigenvalue weighted by Gasteiger charge is 2.30. The normalized spacial score (nSPS) is 21.2. The van der Waals surface area contributed by atoms with Gasteiger partial charge in [0.25, 0.3) is 0 Å². The summed E-state index contributed by atoms with van der Waals surface area (Å²) >= 11 is 1.78. The largest absolute Gasteiger partial charge is 0.497 e. The lowest BCUT2D eigenvalue weighted by Crippen LogP contribution is -2.33. The maximum Gasteiger partial charge on any atom is 0.194 e. The number of methoxy groups -OCH3 is 1. The van der Waals surface area contributed by atoms with E-state index < -0.39 is 0 Å². The molecule has 1 aliphatic heterocycles. The Morgan fingerprint density at radius 1 is 0.971 bits per heavy atom. The third-order valence-corrected chi connectivity index (χ3v) is 9.13. The summed E-state index contributed by atoms with van der Waals surface area (Å²) in [6, 6.07) is 13.9. The number of rotatable bonds is 8. The van der Waals surface area contributed by atoms with Gasteiger partial charge < -0.3 is 9.47 Å². The number of ether oxygens (including phenoxy) is 2. The van der Waals surface area contributed by atoms with Crippen molar-refractivity contribution < 1.29 is 14.3 Å². The fraction of sp³-hybridized carbons (Fsp3) is 0.500. The highest BCUT2D eigenvalue weighted by molar-refractivity contribution is 7.19. The van der Waals surface area contributed by atoms with Crippen molar-refractivity contribution in [2.45, 2.75) is 57.8 Å². The average Bonchev–Trinajstić information content (AvgIpc) is 3.28. The van der Waals surface area contributed by atoms with Gasteiger partial charge in [0.1, 0.15) is 18.1 Å². The van der Waals surface area contributed by atoms with Crippen LogP contribution in [0.2, 0.25) is 0 Å². The van der Waals surface area contributed by atoms with Crippen LogP contribution in [0, 0.1) is 5.92 Å². The van der Waals surface area contributed by atoms with Crippen molar-refractivity contribution in [3.8, 4) is 11.5 Å². The standard InChI is InChI=1S/C30H37NO3S/c1-21-8-4-5-9-25(21)30-28(26-15-14-24(33-2)20-27(26)35-30)29(32)22-10-12-23(13-11-22)34-19-18-31-16-6-3-7-17-31/h10-15,20-21,25H,3-9,16-19H2,1-2H3. The van der Waals surface area contributed by atoms with E-state index in [1.807, 2.05) is 30.3 Å². The van der Waals surface area contributed by atoms with Gasteiger partial charge in [-0.05, 0) is 86.7 Å². The molecule has 2 unspecified atom stereocenters. The molecule has 4 nitrogen and oxygen atoms in total. The number of likely N-dealkylation sites (tertiary alicyclic amines) is 1. The summed E-state index contributed by atoms with van der Waals surface area (Å²) in [6.07, 6.45) is 8.86. The van der Waals surface area contributed by atoms with Crippen molar-refractivity contribution in [1.82, 2.24) is 4.90 Å². The fourth-order valence-corrected chi connectivity index (χ4v) is 7.24. The number of hydrogen-bond donors (Lipinski definition) is 0. The Labute approximate surface area is 213 Å². The Bertz CT molecular complexity index is 1150. The van der Waals surface area contributed by atoms with E-state index in [1.165, 1.54) is 56.5 Å². The highest BCUT2D eigenvalue weighted by atomic mass is 32.1. The highest BCUT2D eigenvalue weighted by Crippen LogP contribution is 2.46. The third kappa shape index (κ3) is 5.41. The second kappa shape index (κ2) is 11.1. The van der Waals surface area contributed by atoms with Gasteiger partial charge in [-0.15, -0.1) is 11.3 Å². The second-order valence-electron chi connectivity index (χ2n) is 10.2. The molecule has 1 aliphatic carbocycles. The Morgan fingerprint density at radius 3 is 2.46 bits per heavy atom. The minimum absolute atomic E-state index is 0.119. The summed E-state index contributed by atoms with van der Waals surface area (Å²) in [4.78, 5) is 17.6. The Balaban J connectivity index is 1.37. The molecule has 1 saturated carbocycles. The number of benzene rings is 2. The summed E-state index contributed by atoms with van der Waals surface area (Å²) in [7, 11) is 1.70. The lowest BCUT2D eigenvalue weighted by molar-refractivity contribution is 0.103. The number of fused-ring (bicyclic) bond motifs is 1. The Hall–Kier alpha value is -2.37. The fourth-order valence-electron chi connectivity index (χ4n) is 5.75. The predicted molar refractivity (Wildman–Crippen MR) is 144 cm³/mol. The molecule has 0 N–H and O–H groups in total. The molecule has 1 saturated heterocycles. The van der Waals surface area contributed by atoms with Gasteiger partial charge in [-0.3, -0.25) is 9.69 Å². The molecule has 2 aliphatic rings. The SMILES string of the molecule is COc1ccc2c(C(=O)c3ccc(OCCN4CCCCC4)cc3)c(C3CCCCC3C)sc2c1. The topological polar surface area (TPSA) is 38.8 Å². The molecule has 5 heteroatoms. The minimum atomic E-state index is 0.119. The van der Waals surface area contributed by atoms with Gasteiger partial charge in [0.15, 0.2) is 5.78 Å². The third-order valence-electron chi connectivity index (χ3n) is 7.84. The predicted octanol–water partition coefficient (Wildman–Crippen LogP) is 7.30. The van der Waals surface area contributed by atoms with Gasteiger partial charge in [-0.1, -0.05) is 32.6 Å². The molecule has 2 aromatic carbocycles. The zero-order valence-corrected chi connectivity index (χ0v) is 21.9. The van der Waals surface area contributed by atoms with Crippen LogP contribution in [0.1, 0.15) is 78.6 Å². The maximum atomic E-state index is 13.9. The van der Waals surface area contributed by atoms with E-state index >= 15 is 0 Å². The number of piperidine rings is 1. The summed E-state index contributed by atoms with van der Waals surface area (Å²) in [6.45, 7) is 6.36. The monoisotopic (exact) mass is 491 g/mol. The Morgan fingerprint density at radius 2 is 1.71 bits per heavy atom. The molecule has 35 heavy (non-hydrogen) atoms. The second-order valence-corrected chi connectivity index (χ2v) is 11.3. The molecule has 2 heterocycles. The molecular weight excluding hydrogens is 454 g/mol. The first-order chi connectivity index (χ1) is 17.1. The molecule has 2 fully saturated rings. The van der Waals surface area contributed by atoms with E-state index in [0.29, 0.717) is 18.4 Å². The van der Waals surface area contributed by atoms with Crippen molar-refractivity contribution in [2.24, 2.45) is 5.92 Å². The molecular formula is C30H37NO3S. The van der Waals surface area contributed by atoms with E-state index in [-0.39, 0.29) is 5.78 Å². The minimum Gasteiger partial charge on any atom is -0.497 e. The maximum absolute atomic E-state index is 13.9. The molecule has 186 valence electrons. The number of carbonyl (C=O) groups is 1. The van der Waals surface area contributed by atoms with Crippen LogP contribution >= 0.6 is 11.3 Å². The van der Waals surface area contributed by atoms with Gasteiger partial charge in [0.2, 0.25) is 0 Å². The van der Waals surface area contributed by atoms with Crippen LogP contribution in [-0.2, 0) is 0 Å². The van der Waals surface area contributed by atoms with Gasteiger partial charge in [0.05, 0.1) is 7.11 Å². The van der Waals surface area contributed by atoms with E-state index in [2.05, 4.69) is 24.0 Å². The molecule has 0 spiro atoms. The van der Waals surface area contributed by atoms with E-state index in [9.17, 15) is 4.79 Å². The number of carbonyl (C=O) groups excluding carboxylic acids is 1. The summed E-state index contributed by atoms with van der Waals surface area (Å²) in [5.41, 5.74) is 1.62. The number of nitrogens with zero attached hydrogens (tertiary/aromatic N) is 1. The summed E-state index contributed by atoms with van der Waals surface area (Å²) in [5, 5.41) is 1.05. The number of hydrogen-bond acceptors (Lipinski definition) is 5. The molecule has 0 bridgehead atoms. The van der Waals surface area contributed by atoms with Crippen molar-refractivity contribution in [1.29, 1.82) is 0 Å². The Kier molecular flexibility index (Phi) is 7.74. The first-order valence-corrected chi connectivity index (χ1v) is 14.1. The summed E-state index contributed by atoms with van der Waals surface area (Å²) in [5.74, 6) is 2.84. The van der Waals surface area contributed by atoms with Gasteiger partial charge in [-0.25, -0.2) is 0 Å². The van der Waals surface area contributed by atoms with Crippen molar-refractivity contribution in [3.05, 3.63) is 58.5 Å². The van der Waals surface area contributed by atoms with E-state index in [0.717, 1.165) is 45.7 Å². The van der Waals surface area contributed by atoms with Crippen LogP contribution < -0.4 is 9.47 Å². The van der Waals surface area contributed by atoms with Gasteiger partial charge in [-0.2, -0.15) is 0 Å². The molecule has 3 aromatic rings. The van der Waals surface area contributed by atoms with Crippen LogP contribution in [0.3, 0.4) is 0 Å². The zero-order chi connectivity index (χ0) is 24.2. The van der Waals surface area contributed by atoms with E-state index in [1.54, 1.807) is 18.4 Å². The van der Waals surface area contributed by atoms with Crippen LogP contribution in [0.25, 0.3) is 10.1 Å². The zero-order valence-electron chi connectivity index (χ0n) is 21.1. The van der Waals surface area contributed by atoms with Crippen LogP contribution in [0.15, 0.2) is 42.5 Å². The number of thiophene rings is 1. The first kappa shape index (κ1) is 24.3. The molecule has 1 aromatic heterocycles. The van der Waals surface area contributed by atoms with Crippen LogP contribution in [-0.4, -0.2) is 44.0 Å². The van der Waals surface area contributed by atoms with Gasteiger partial charge in [0, 0.05) is 32.6 Å². The first-order valence-electron chi connectivity index (χ1n) is 13.2. The van der Waals surface area contributed by atoms with Crippen molar-refractivity contribution in [2.75, 3.05) is 33.4 Å². The molecule has 2 atom stereocenters. The van der Waals surface area contributed by atoms with E-state index in [4.69, 9.17) is 9.47 Å². The van der Waals surface area contributed by atoms with Gasteiger partial charge >= 0.3 is 0 Å². The summed E-state index contributed by atoms with van der Waals surface area (Å²) < 4.78 is 12.6. The quantitative estimate of drug-likeness (QED) is 0.310. The molecule has 0 amide bonds. The van der Waals surface area contributed by atoms with Crippen molar-refractivity contribution >= 4 is 27.2 Å². The lowest BCUT2D eigenvalue weighted by Gasteiger charge is -2.28. The smallest absolute Gasteiger partial charge is 0.194 e. The van der Waals surface area contributed by atoms with Crippen LogP contribution in [0.4, 0.5) is 0 Å². The lowest BCUT2D eigenvalue weighted by atomic mass is 9.78. The average molecular weight is 492 g/mol.